The number of nitrogens with one attached hydrogen (secondary N) is 2. The van der Waals surface area contributed by atoms with Crippen LogP contribution >= 0.6 is 0 Å². The van der Waals surface area contributed by atoms with Gasteiger partial charge in [0.15, 0.2) is 11.9 Å². The van der Waals surface area contributed by atoms with E-state index in [4.69, 9.17) is 4.74 Å². The first kappa shape index (κ1) is 21.7. The van der Waals surface area contributed by atoms with Crippen LogP contribution in [0.1, 0.15) is 40.1 Å². The van der Waals surface area contributed by atoms with Gasteiger partial charge in [0.05, 0.1) is 24.3 Å². The maximum atomic E-state index is 12.4. The summed E-state index contributed by atoms with van der Waals surface area (Å²) >= 11 is 0. The van der Waals surface area contributed by atoms with E-state index in [9.17, 15) is 24.0 Å². The highest BCUT2D eigenvalue weighted by Crippen LogP contribution is 2.17. The lowest BCUT2D eigenvalue weighted by Gasteiger charge is -2.15. The summed E-state index contributed by atoms with van der Waals surface area (Å²) in [4.78, 5) is 60.8. The lowest BCUT2D eigenvalue weighted by Crippen LogP contribution is -2.31. The molecule has 0 saturated carbocycles. The fourth-order valence-corrected chi connectivity index (χ4v) is 2.96. The molecule has 9 nitrogen and oxygen atoms in total. The molecule has 2 aromatic carbocycles. The van der Waals surface area contributed by atoms with Gasteiger partial charge in [0.25, 0.3) is 5.91 Å². The number of ketones is 1. The molecule has 0 aliphatic carbocycles. The van der Waals surface area contributed by atoms with Crippen LogP contribution in [-0.2, 0) is 20.9 Å². The average Bonchev–Trinajstić information content (AvgIpc) is 3.06. The number of rotatable bonds is 7. The number of Topliss-reactive ketones (excluding diaryl/α,β-unsaturated/α-hetero) is 1. The molecule has 0 spiro atoms. The maximum Gasteiger partial charge on any atom is 0.338 e. The van der Waals surface area contributed by atoms with E-state index in [1.807, 2.05) is 0 Å². The Morgan fingerprint density at radius 3 is 2.39 bits per heavy atom. The summed E-state index contributed by atoms with van der Waals surface area (Å²) in [6.45, 7) is 2.88. The predicted molar refractivity (Wildman–Crippen MR) is 110 cm³/mol. The van der Waals surface area contributed by atoms with E-state index >= 15 is 0 Å². The SMILES string of the molecule is CC(=O)c1ccccc1NC(=O)C(C)OC(=O)c1ccc(CN2C(=O)CNC2=O)cc1. The summed E-state index contributed by atoms with van der Waals surface area (Å²) in [6, 6.07) is 12.3. The van der Waals surface area contributed by atoms with E-state index in [2.05, 4.69) is 10.6 Å². The molecule has 1 heterocycles. The van der Waals surface area contributed by atoms with Gasteiger partial charge in [-0.05, 0) is 43.7 Å². The van der Waals surface area contributed by atoms with Crippen molar-refractivity contribution in [3.05, 3.63) is 65.2 Å². The molecule has 3 rings (SSSR count). The maximum absolute atomic E-state index is 12.4. The van der Waals surface area contributed by atoms with Crippen LogP contribution in [0.4, 0.5) is 10.5 Å². The van der Waals surface area contributed by atoms with Crippen molar-refractivity contribution in [2.75, 3.05) is 11.9 Å². The van der Waals surface area contributed by atoms with Crippen LogP contribution < -0.4 is 10.6 Å². The minimum Gasteiger partial charge on any atom is -0.449 e. The normalized spacial score (nSPS) is 14.1. The highest BCUT2D eigenvalue weighted by Gasteiger charge is 2.28. The Labute approximate surface area is 178 Å². The van der Waals surface area contributed by atoms with Crippen molar-refractivity contribution in [2.45, 2.75) is 26.5 Å². The molecular formula is C22H21N3O6. The molecule has 1 aliphatic heterocycles. The van der Waals surface area contributed by atoms with Crippen LogP contribution in [-0.4, -0.2) is 47.1 Å². The first-order valence-electron chi connectivity index (χ1n) is 9.55. The Hall–Kier alpha value is -4.01. The molecule has 1 aliphatic rings. The highest BCUT2D eigenvalue weighted by molar-refractivity contribution is 6.05. The van der Waals surface area contributed by atoms with Crippen molar-refractivity contribution in [1.82, 2.24) is 10.2 Å². The standard InChI is InChI=1S/C22H21N3O6/c1-13(26)17-5-3-4-6-18(17)24-20(28)14(2)31-21(29)16-9-7-15(8-10-16)12-25-19(27)11-23-22(25)30/h3-10,14H,11-12H2,1-2H3,(H,23,30)(H,24,28). The topological polar surface area (TPSA) is 122 Å². The van der Waals surface area contributed by atoms with Crippen molar-refractivity contribution in [1.29, 1.82) is 0 Å². The minimum absolute atomic E-state index is 0.0277. The minimum atomic E-state index is -1.10. The van der Waals surface area contributed by atoms with E-state index in [0.29, 0.717) is 16.8 Å². The second-order valence-corrected chi connectivity index (χ2v) is 6.97. The summed E-state index contributed by atoms with van der Waals surface area (Å²) < 4.78 is 5.21. The monoisotopic (exact) mass is 423 g/mol. The van der Waals surface area contributed by atoms with Gasteiger partial charge < -0.3 is 15.4 Å². The number of esters is 1. The van der Waals surface area contributed by atoms with Gasteiger partial charge >= 0.3 is 12.0 Å². The Morgan fingerprint density at radius 1 is 1.10 bits per heavy atom. The van der Waals surface area contributed by atoms with Crippen molar-refractivity contribution < 1.29 is 28.7 Å². The van der Waals surface area contributed by atoms with Gasteiger partial charge in [-0.25, -0.2) is 9.59 Å². The second kappa shape index (κ2) is 9.21. The van der Waals surface area contributed by atoms with Crippen molar-refractivity contribution in [2.24, 2.45) is 0 Å². The van der Waals surface area contributed by atoms with Gasteiger partial charge in [-0.1, -0.05) is 24.3 Å². The van der Waals surface area contributed by atoms with E-state index in [1.165, 1.54) is 26.0 Å². The molecule has 1 saturated heterocycles. The molecule has 9 heteroatoms. The molecular weight excluding hydrogens is 402 g/mol. The molecule has 2 aromatic rings. The summed E-state index contributed by atoms with van der Waals surface area (Å²) in [7, 11) is 0. The highest BCUT2D eigenvalue weighted by atomic mass is 16.5. The number of para-hydroxylation sites is 1. The average molecular weight is 423 g/mol. The number of hydrogen-bond donors (Lipinski definition) is 2. The number of nitrogens with zero attached hydrogens (tertiary/aromatic N) is 1. The summed E-state index contributed by atoms with van der Waals surface area (Å²) in [5.74, 6) is -1.80. The van der Waals surface area contributed by atoms with Gasteiger partial charge in [-0.3, -0.25) is 19.3 Å². The van der Waals surface area contributed by atoms with E-state index in [1.54, 1.807) is 36.4 Å². The summed E-state index contributed by atoms with van der Waals surface area (Å²) in [6.07, 6.45) is -1.10. The lowest BCUT2D eigenvalue weighted by molar-refractivity contribution is -0.125. The summed E-state index contributed by atoms with van der Waals surface area (Å²) in [5, 5.41) is 5.03. The van der Waals surface area contributed by atoms with Crippen molar-refractivity contribution in [3.63, 3.8) is 0 Å². The van der Waals surface area contributed by atoms with E-state index in [-0.39, 0.29) is 30.3 Å². The van der Waals surface area contributed by atoms with Crippen LogP contribution in [0.15, 0.2) is 48.5 Å². The van der Waals surface area contributed by atoms with Gasteiger partial charge in [0.1, 0.15) is 0 Å². The van der Waals surface area contributed by atoms with Gasteiger partial charge in [0, 0.05) is 5.56 Å². The second-order valence-electron chi connectivity index (χ2n) is 6.97. The van der Waals surface area contributed by atoms with Crippen LogP contribution in [0.25, 0.3) is 0 Å². The third-order valence-corrected chi connectivity index (χ3v) is 4.68. The molecule has 1 atom stereocenters. The van der Waals surface area contributed by atoms with E-state index in [0.717, 1.165) is 4.90 Å². The number of ether oxygens (including phenoxy) is 1. The Balaban J connectivity index is 1.59. The first-order chi connectivity index (χ1) is 14.8. The zero-order chi connectivity index (χ0) is 22.5. The Bertz CT molecular complexity index is 1030. The molecule has 0 radical (unpaired) electrons. The van der Waals surface area contributed by atoms with Crippen LogP contribution in [0.3, 0.4) is 0 Å². The molecule has 1 fully saturated rings. The van der Waals surface area contributed by atoms with Crippen LogP contribution in [0.2, 0.25) is 0 Å². The number of benzene rings is 2. The third-order valence-electron chi connectivity index (χ3n) is 4.68. The van der Waals surface area contributed by atoms with Crippen molar-refractivity contribution >= 4 is 35.3 Å². The van der Waals surface area contributed by atoms with Crippen LogP contribution in [0, 0.1) is 0 Å². The largest absolute Gasteiger partial charge is 0.449 e. The van der Waals surface area contributed by atoms with E-state index < -0.39 is 24.0 Å². The Morgan fingerprint density at radius 2 is 1.77 bits per heavy atom. The molecule has 1 unspecified atom stereocenters. The smallest absolute Gasteiger partial charge is 0.338 e. The van der Waals surface area contributed by atoms with Crippen LogP contribution in [0.5, 0.6) is 0 Å². The zero-order valence-electron chi connectivity index (χ0n) is 17.0. The Kier molecular flexibility index (Phi) is 6.44. The number of imide groups is 1. The quantitative estimate of drug-likeness (QED) is 0.400. The fourth-order valence-electron chi connectivity index (χ4n) is 2.96. The van der Waals surface area contributed by atoms with Gasteiger partial charge in [-0.15, -0.1) is 0 Å². The fraction of sp³-hybridized carbons (Fsp3) is 0.227. The number of carbonyl (C=O) groups excluding carboxylic acids is 5. The molecule has 2 N–H and O–H groups in total. The lowest BCUT2D eigenvalue weighted by atomic mass is 10.1. The zero-order valence-corrected chi connectivity index (χ0v) is 17.0. The van der Waals surface area contributed by atoms with Gasteiger partial charge in [-0.2, -0.15) is 0 Å². The number of carbonyl (C=O) groups is 5. The number of urea groups is 1. The number of hydrogen-bond acceptors (Lipinski definition) is 6. The molecule has 4 amide bonds. The number of amides is 4. The van der Waals surface area contributed by atoms with Gasteiger partial charge in [0.2, 0.25) is 5.91 Å². The number of anilines is 1. The molecule has 0 bridgehead atoms. The molecule has 160 valence electrons. The molecule has 31 heavy (non-hydrogen) atoms. The molecule has 0 aromatic heterocycles. The predicted octanol–water partition coefficient (Wildman–Crippen LogP) is 2.12. The summed E-state index contributed by atoms with van der Waals surface area (Å²) in [5.41, 5.74) is 1.57. The third kappa shape index (κ3) is 5.13. The van der Waals surface area contributed by atoms with Crippen molar-refractivity contribution in [3.8, 4) is 0 Å². The first-order valence-corrected chi connectivity index (χ1v) is 9.55.